The number of urea groups is 1. The molecular formula is C17H25N5OS. The van der Waals surface area contributed by atoms with Gasteiger partial charge < -0.3 is 10.2 Å². The van der Waals surface area contributed by atoms with Crippen LogP contribution in [0.25, 0.3) is 0 Å². The van der Waals surface area contributed by atoms with Gasteiger partial charge in [-0.3, -0.25) is 9.58 Å². The van der Waals surface area contributed by atoms with Crippen LogP contribution in [0.1, 0.15) is 31.1 Å². The molecule has 0 aromatic carbocycles. The van der Waals surface area contributed by atoms with Crippen molar-refractivity contribution in [1.82, 2.24) is 19.6 Å². The van der Waals surface area contributed by atoms with E-state index in [0.717, 1.165) is 44.0 Å². The van der Waals surface area contributed by atoms with Gasteiger partial charge in [0.15, 0.2) is 0 Å². The van der Waals surface area contributed by atoms with Crippen molar-refractivity contribution in [2.75, 3.05) is 31.5 Å². The summed E-state index contributed by atoms with van der Waals surface area (Å²) < 4.78 is 1.74. The molecule has 1 N–H and O–H groups in total. The number of carbonyl (C=O) groups excluding carboxylic acids is 1. The standard InChI is InChI=1S/C17H25N5OS/c1-4-15-16(11-20(3)19-15)18-17(23)22-8-6-21(7-9-22)13(2)14-5-10-24-12-14/h5,10-13H,4,6-9H2,1-3H3,(H,18,23)/t13-/m0/s1. The summed E-state index contributed by atoms with van der Waals surface area (Å²) in [6.45, 7) is 7.59. The fourth-order valence-electron chi connectivity index (χ4n) is 3.13. The molecule has 0 radical (unpaired) electrons. The number of aromatic nitrogens is 2. The zero-order valence-electron chi connectivity index (χ0n) is 14.5. The van der Waals surface area contributed by atoms with Crippen LogP contribution in [-0.4, -0.2) is 51.8 Å². The van der Waals surface area contributed by atoms with Crippen molar-refractivity contribution < 1.29 is 4.79 Å². The lowest BCUT2D eigenvalue weighted by Gasteiger charge is -2.37. The van der Waals surface area contributed by atoms with Gasteiger partial charge in [0.1, 0.15) is 0 Å². The van der Waals surface area contributed by atoms with Crippen LogP contribution in [-0.2, 0) is 13.5 Å². The van der Waals surface area contributed by atoms with E-state index in [1.807, 2.05) is 25.1 Å². The minimum Gasteiger partial charge on any atom is -0.322 e. The first-order valence-electron chi connectivity index (χ1n) is 8.43. The molecule has 1 aliphatic rings. The topological polar surface area (TPSA) is 53.4 Å². The van der Waals surface area contributed by atoms with Crippen LogP contribution in [0.3, 0.4) is 0 Å². The van der Waals surface area contributed by atoms with Gasteiger partial charge in [0.05, 0.1) is 11.4 Å². The van der Waals surface area contributed by atoms with E-state index in [4.69, 9.17) is 0 Å². The molecule has 0 saturated carbocycles. The highest BCUT2D eigenvalue weighted by atomic mass is 32.1. The smallest absolute Gasteiger partial charge is 0.322 e. The summed E-state index contributed by atoms with van der Waals surface area (Å²) in [7, 11) is 1.87. The van der Waals surface area contributed by atoms with Crippen molar-refractivity contribution in [2.45, 2.75) is 26.3 Å². The number of carbonyl (C=O) groups is 1. The lowest BCUT2D eigenvalue weighted by Crippen LogP contribution is -2.50. The molecule has 3 heterocycles. The molecule has 130 valence electrons. The van der Waals surface area contributed by atoms with Gasteiger partial charge >= 0.3 is 6.03 Å². The number of thiophene rings is 1. The highest BCUT2D eigenvalue weighted by molar-refractivity contribution is 7.07. The average Bonchev–Trinajstić information content (AvgIpc) is 3.24. The minimum absolute atomic E-state index is 0.0273. The van der Waals surface area contributed by atoms with E-state index in [9.17, 15) is 4.79 Å². The Morgan fingerprint density at radius 1 is 1.38 bits per heavy atom. The second kappa shape index (κ2) is 7.36. The van der Waals surface area contributed by atoms with Gasteiger partial charge in [-0.05, 0) is 35.7 Å². The Morgan fingerprint density at radius 2 is 2.12 bits per heavy atom. The maximum atomic E-state index is 12.5. The highest BCUT2D eigenvalue weighted by Gasteiger charge is 2.25. The summed E-state index contributed by atoms with van der Waals surface area (Å²) in [6.07, 6.45) is 2.67. The van der Waals surface area contributed by atoms with E-state index in [0.29, 0.717) is 6.04 Å². The normalized spacial score (nSPS) is 17.0. The van der Waals surface area contributed by atoms with Gasteiger partial charge in [-0.15, -0.1) is 0 Å². The van der Waals surface area contributed by atoms with E-state index in [1.165, 1.54) is 5.56 Å². The van der Waals surface area contributed by atoms with Crippen LogP contribution in [0.15, 0.2) is 23.0 Å². The molecule has 0 spiro atoms. The number of nitrogens with zero attached hydrogens (tertiary/aromatic N) is 4. The third-order valence-corrected chi connectivity index (χ3v) is 5.36. The molecule has 1 fully saturated rings. The van der Waals surface area contributed by atoms with Crippen LogP contribution in [0, 0.1) is 0 Å². The molecule has 0 bridgehead atoms. The maximum Gasteiger partial charge on any atom is 0.322 e. The van der Waals surface area contributed by atoms with E-state index < -0.39 is 0 Å². The van der Waals surface area contributed by atoms with Crippen molar-refractivity contribution >= 4 is 23.1 Å². The van der Waals surface area contributed by atoms with E-state index >= 15 is 0 Å². The minimum atomic E-state index is -0.0273. The Labute approximate surface area is 147 Å². The quantitative estimate of drug-likeness (QED) is 0.925. The van der Waals surface area contributed by atoms with Crippen molar-refractivity contribution in [3.8, 4) is 0 Å². The summed E-state index contributed by atoms with van der Waals surface area (Å²) in [5, 5.41) is 11.7. The first kappa shape index (κ1) is 17.0. The van der Waals surface area contributed by atoms with Crippen LogP contribution in [0.5, 0.6) is 0 Å². The van der Waals surface area contributed by atoms with Crippen LogP contribution < -0.4 is 5.32 Å². The summed E-state index contributed by atoms with van der Waals surface area (Å²) in [5.74, 6) is 0. The molecule has 0 aliphatic carbocycles. The Bertz CT molecular complexity index is 673. The molecule has 3 rings (SSSR count). The summed E-state index contributed by atoms with van der Waals surface area (Å²) >= 11 is 1.73. The molecular weight excluding hydrogens is 322 g/mol. The van der Waals surface area contributed by atoms with Crippen molar-refractivity contribution in [3.63, 3.8) is 0 Å². The van der Waals surface area contributed by atoms with Gasteiger partial charge in [0.25, 0.3) is 0 Å². The number of hydrogen-bond donors (Lipinski definition) is 1. The van der Waals surface area contributed by atoms with E-state index in [1.54, 1.807) is 16.0 Å². The number of amides is 2. The number of piperazine rings is 1. The fraction of sp³-hybridized carbons (Fsp3) is 0.529. The predicted molar refractivity (Wildman–Crippen MR) is 97.5 cm³/mol. The number of aryl methyl sites for hydroxylation is 2. The summed E-state index contributed by atoms with van der Waals surface area (Å²) in [6, 6.07) is 2.57. The Morgan fingerprint density at radius 3 is 2.75 bits per heavy atom. The van der Waals surface area contributed by atoms with Crippen LogP contribution in [0.2, 0.25) is 0 Å². The third kappa shape index (κ3) is 3.62. The van der Waals surface area contributed by atoms with Crippen molar-refractivity contribution in [2.24, 2.45) is 7.05 Å². The molecule has 2 aromatic rings. The maximum absolute atomic E-state index is 12.5. The summed E-state index contributed by atoms with van der Waals surface area (Å²) in [4.78, 5) is 16.8. The van der Waals surface area contributed by atoms with Crippen LogP contribution >= 0.6 is 11.3 Å². The molecule has 2 aromatic heterocycles. The Hall–Kier alpha value is -1.86. The Kier molecular flexibility index (Phi) is 5.20. The molecule has 1 aliphatic heterocycles. The van der Waals surface area contributed by atoms with E-state index in [2.05, 4.69) is 39.1 Å². The highest BCUT2D eigenvalue weighted by Crippen LogP contribution is 2.24. The second-order valence-electron chi connectivity index (χ2n) is 6.20. The lowest BCUT2D eigenvalue weighted by molar-refractivity contribution is 0.119. The van der Waals surface area contributed by atoms with Gasteiger partial charge in [-0.25, -0.2) is 4.79 Å². The zero-order chi connectivity index (χ0) is 17.1. The number of nitrogens with one attached hydrogen (secondary N) is 1. The third-order valence-electron chi connectivity index (χ3n) is 4.66. The van der Waals surface area contributed by atoms with Crippen LogP contribution in [0.4, 0.5) is 10.5 Å². The molecule has 2 amide bonds. The van der Waals surface area contributed by atoms with Gasteiger partial charge in [-0.1, -0.05) is 6.92 Å². The molecule has 7 heteroatoms. The SMILES string of the molecule is CCc1nn(C)cc1NC(=O)N1CCN([C@@H](C)c2ccsc2)CC1. The monoisotopic (exact) mass is 347 g/mol. The molecule has 0 unspecified atom stereocenters. The average molecular weight is 347 g/mol. The first-order valence-corrected chi connectivity index (χ1v) is 9.37. The number of anilines is 1. The first-order chi connectivity index (χ1) is 11.6. The molecule has 24 heavy (non-hydrogen) atoms. The van der Waals surface area contributed by atoms with Gasteiger partial charge in [0.2, 0.25) is 0 Å². The largest absolute Gasteiger partial charge is 0.322 e. The summed E-state index contributed by atoms with van der Waals surface area (Å²) in [5.41, 5.74) is 3.11. The Balaban J connectivity index is 1.55. The van der Waals surface area contributed by atoms with E-state index in [-0.39, 0.29) is 6.03 Å². The predicted octanol–water partition coefficient (Wildman–Crippen LogP) is 2.95. The fourth-order valence-corrected chi connectivity index (χ4v) is 3.88. The molecule has 1 atom stereocenters. The van der Waals surface area contributed by atoms with Crippen molar-refractivity contribution in [1.29, 1.82) is 0 Å². The molecule has 1 saturated heterocycles. The van der Waals surface area contributed by atoms with Gasteiger partial charge in [0, 0.05) is 45.5 Å². The lowest BCUT2D eigenvalue weighted by atomic mass is 10.1. The number of hydrogen-bond acceptors (Lipinski definition) is 4. The van der Waals surface area contributed by atoms with Crippen molar-refractivity contribution in [3.05, 3.63) is 34.3 Å². The van der Waals surface area contributed by atoms with Gasteiger partial charge in [-0.2, -0.15) is 16.4 Å². The number of rotatable bonds is 4. The zero-order valence-corrected chi connectivity index (χ0v) is 15.3. The second-order valence-corrected chi connectivity index (χ2v) is 6.98. The molecule has 6 nitrogen and oxygen atoms in total.